The Hall–Kier alpha value is -1.11. The Bertz CT molecular complexity index is 495. The summed E-state index contributed by atoms with van der Waals surface area (Å²) in [6.45, 7) is 1.31. The lowest BCUT2D eigenvalue weighted by Gasteiger charge is -2.18. The number of rotatable bonds is 6. The first-order valence-electron chi connectivity index (χ1n) is 6.06. The van der Waals surface area contributed by atoms with Gasteiger partial charge in [-0.1, -0.05) is 0 Å². The molecule has 1 aromatic carbocycles. The first kappa shape index (κ1) is 13.3. The Balaban J connectivity index is 2.11. The second-order valence-electron chi connectivity index (χ2n) is 4.60. The Kier molecular flexibility index (Phi) is 3.89. The fourth-order valence-corrected chi connectivity index (χ4v) is 3.00. The molecule has 0 atom stereocenters. The van der Waals surface area contributed by atoms with E-state index in [4.69, 9.17) is 5.73 Å². The molecule has 0 aromatic heterocycles. The summed E-state index contributed by atoms with van der Waals surface area (Å²) in [5, 5.41) is 0. The average molecular weight is 269 g/mol. The zero-order valence-electron chi connectivity index (χ0n) is 10.5. The van der Waals surface area contributed by atoms with E-state index < -0.39 is 10.0 Å². The van der Waals surface area contributed by atoms with Crippen molar-refractivity contribution in [2.45, 2.75) is 23.8 Å². The van der Waals surface area contributed by atoms with Crippen molar-refractivity contribution in [2.24, 2.45) is 5.73 Å². The van der Waals surface area contributed by atoms with Gasteiger partial charge in [0.25, 0.3) is 0 Å². The minimum absolute atomic E-state index is 0.134. The van der Waals surface area contributed by atoms with E-state index in [-0.39, 0.29) is 6.04 Å². The molecule has 18 heavy (non-hydrogen) atoms. The van der Waals surface area contributed by atoms with Crippen molar-refractivity contribution in [3.8, 4) is 0 Å². The van der Waals surface area contributed by atoms with Gasteiger partial charge in [0.2, 0.25) is 10.0 Å². The quantitative estimate of drug-likeness (QED) is 0.789. The summed E-state index contributed by atoms with van der Waals surface area (Å²) in [6.07, 6.45) is 1.88. The van der Waals surface area contributed by atoms with Crippen molar-refractivity contribution in [2.75, 3.05) is 25.0 Å². The van der Waals surface area contributed by atoms with E-state index in [9.17, 15) is 8.42 Å². The smallest absolute Gasteiger partial charge is 0.240 e. The van der Waals surface area contributed by atoms with Crippen LogP contribution in [0, 0.1) is 0 Å². The molecule has 6 heteroatoms. The molecule has 0 unspecified atom stereocenters. The molecule has 1 fully saturated rings. The number of hydrogen-bond acceptors (Lipinski definition) is 4. The molecule has 100 valence electrons. The number of likely N-dealkylation sites (N-methyl/N-ethyl adjacent to an activating group) is 1. The van der Waals surface area contributed by atoms with Crippen LogP contribution in [0.2, 0.25) is 0 Å². The molecule has 1 aromatic rings. The van der Waals surface area contributed by atoms with Gasteiger partial charge in [0, 0.05) is 31.9 Å². The Morgan fingerprint density at radius 1 is 1.33 bits per heavy atom. The highest BCUT2D eigenvalue weighted by Crippen LogP contribution is 2.23. The lowest BCUT2D eigenvalue weighted by atomic mass is 10.3. The summed E-state index contributed by atoms with van der Waals surface area (Å²) < 4.78 is 26.5. The van der Waals surface area contributed by atoms with Crippen molar-refractivity contribution >= 4 is 15.7 Å². The van der Waals surface area contributed by atoms with Gasteiger partial charge in [-0.3, -0.25) is 0 Å². The van der Waals surface area contributed by atoms with Gasteiger partial charge in [-0.2, -0.15) is 0 Å². The lowest BCUT2D eigenvalue weighted by molar-refractivity contribution is 0.581. The number of nitrogens with two attached hydrogens (primary N) is 1. The maximum atomic E-state index is 11.9. The van der Waals surface area contributed by atoms with E-state index in [0.29, 0.717) is 11.4 Å². The van der Waals surface area contributed by atoms with Crippen molar-refractivity contribution in [1.29, 1.82) is 0 Å². The third-order valence-electron chi connectivity index (χ3n) is 2.95. The van der Waals surface area contributed by atoms with Crippen LogP contribution in [0.1, 0.15) is 12.8 Å². The van der Waals surface area contributed by atoms with E-state index in [1.807, 2.05) is 11.9 Å². The monoisotopic (exact) mass is 269 g/mol. The van der Waals surface area contributed by atoms with Gasteiger partial charge in [0.1, 0.15) is 0 Å². The van der Waals surface area contributed by atoms with Crippen LogP contribution >= 0.6 is 0 Å². The summed E-state index contributed by atoms with van der Waals surface area (Å²) >= 11 is 0. The molecule has 0 heterocycles. The van der Waals surface area contributed by atoms with Gasteiger partial charge in [-0.05, 0) is 37.1 Å². The number of sulfonamides is 1. The molecule has 0 radical (unpaired) electrons. The first-order valence-corrected chi connectivity index (χ1v) is 7.55. The van der Waals surface area contributed by atoms with Gasteiger partial charge < -0.3 is 10.6 Å². The standard InChI is InChI=1S/C12H19N3O2S/c1-15(9-8-13)11-4-6-12(7-5-11)18(16,17)14-10-2-3-10/h4-7,10,14H,2-3,8-9,13H2,1H3. The molecule has 0 spiro atoms. The number of nitrogens with one attached hydrogen (secondary N) is 1. The summed E-state index contributed by atoms with van der Waals surface area (Å²) in [4.78, 5) is 2.31. The van der Waals surface area contributed by atoms with E-state index in [2.05, 4.69) is 4.72 Å². The molecule has 3 N–H and O–H groups in total. The summed E-state index contributed by atoms with van der Waals surface area (Å²) in [5.41, 5.74) is 6.44. The van der Waals surface area contributed by atoms with Gasteiger partial charge in [0.05, 0.1) is 4.90 Å². The van der Waals surface area contributed by atoms with Crippen LogP contribution in [-0.4, -0.2) is 34.6 Å². The van der Waals surface area contributed by atoms with E-state index in [0.717, 1.165) is 25.1 Å². The van der Waals surface area contributed by atoms with Gasteiger partial charge in [-0.25, -0.2) is 13.1 Å². The zero-order chi connectivity index (χ0) is 13.2. The summed E-state index contributed by atoms with van der Waals surface area (Å²) in [7, 11) is -1.42. The van der Waals surface area contributed by atoms with Crippen molar-refractivity contribution in [3.05, 3.63) is 24.3 Å². The second kappa shape index (κ2) is 5.26. The predicted molar refractivity (Wildman–Crippen MR) is 72.1 cm³/mol. The van der Waals surface area contributed by atoms with Crippen LogP contribution in [0.4, 0.5) is 5.69 Å². The minimum Gasteiger partial charge on any atom is -0.373 e. The maximum absolute atomic E-state index is 11.9. The van der Waals surface area contributed by atoms with Crippen LogP contribution in [0.3, 0.4) is 0 Å². The van der Waals surface area contributed by atoms with Crippen molar-refractivity contribution in [1.82, 2.24) is 4.72 Å². The van der Waals surface area contributed by atoms with Crippen LogP contribution in [-0.2, 0) is 10.0 Å². The highest BCUT2D eigenvalue weighted by molar-refractivity contribution is 7.89. The van der Waals surface area contributed by atoms with Gasteiger partial charge >= 0.3 is 0 Å². The van der Waals surface area contributed by atoms with Crippen LogP contribution < -0.4 is 15.4 Å². The number of hydrogen-bond donors (Lipinski definition) is 2. The Morgan fingerprint density at radius 2 is 1.94 bits per heavy atom. The molecule has 0 bridgehead atoms. The third-order valence-corrected chi connectivity index (χ3v) is 4.49. The molecule has 5 nitrogen and oxygen atoms in total. The second-order valence-corrected chi connectivity index (χ2v) is 6.31. The molecule has 1 saturated carbocycles. The van der Waals surface area contributed by atoms with E-state index in [1.165, 1.54) is 0 Å². The molecule has 1 aliphatic rings. The third kappa shape index (κ3) is 3.22. The molecule has 2 rings (SSSR count). The lowest BCUT2D eigenvalue weighted by Crippen LogP contribution is -2.26. The summed E-state index contributed by atoms with van der Waals surface area (Å²) in [6, 6.07) is 7.00. The Labute approximate surface area is 108 Å². The van der Waals surface area contributed by atoms with E-state index in [1.54, 1.807) is 24.3 Å². The van der Waals surface area contributed by atoms with E-state index >= 15 is 0 Å². The van der Waals surface area contributed by atoms with Gasteiger partial charge in [-0.15, -0.1) is 0 Å². The fraction of sp³-hybridized carbons (Fsp3) is 0.500. The average Bonchev–Trinajstić information content (AvgIpc) is 3.13. The molecular formula is C12H19N3O2S. The molecular weight excluding hydrogens is 250 g/mol. The molecule has 1 aliphatic carbocycles. The normalized spacial score (nSPS) is 15.7. The fourth-order valence-electron chi connectivity index (χ4n) is 1.69. The maximum Gasteiger partial charge on any atom is 0.240 e. The molecule has 0 aliphatic heterocycles. The Morgan fingerprint density at radius 3 is 2.44 bits per heavy atom. The van der Waals surface area contributed by atoms with Gasteiger partial charge in [0.15, 0.2) is 0 Å². The molecule has 0 saturated heterocycles. The topological polar surface area (TPSA) is 75.4 Å². The minimum atomic E-state index is -3.34. The summed E-state index contributed by atoms with van der Waals surface area (Å²) in [5.74, 6) is 0. The predicted octanol–water partition coefficient (Wildman–Crippen LogP) is 0.522. The number of nitrogens with zero attached hydrogens (tertiary/aromatic N) is 1. The van der Waals surface area contributed by atoms with Crippen LogP contribution in [0.5, 0.6) is 0 Å². The van der Waals surface area contributed by atoms with Crippen LogP contribution in [0.15, 0.2) is 29.2 Å². The van der Waals surface area contributed by atoms with Crippen molar-refractivity contribution in [3.63, 3.8) is 0 Å². The van der Waals surface area contributed by atoms with Crippen molar-refractivity contribution < 1.29 is 8.42 Å². The first-order chi connectivity index (χ1) is 8.53. The largest absolute Gasteiger partial charge is 0.373 e. The van der Waals surface area contributed by atoms with Crippen LogP contribution in [0.25, 0.3) is 0 Å². The zero-order valence-corrected chi connectivity index (χ0v) is 11.3. The highest BCUT2D eigenvalue weighted by atomic mass is 32.2. The number of benzene rings is 1. The molecule has 0 amide bonds. The SMILES string of the molecule is CN(CCN)c1ccc(S(=O)(=O)NC2CC2)cc1. The number of anilines is 1. The highest BCUT2D eigenvalue weighted by Gasteiger charge is 2.27.